The van der Waals surface area contributed by atoms with Gasteiger partial charge >= 0.3 is 17.9 Å². The zero-order chi connectivity index (χ0) is 65.7. The molecule has 4 aromatic rings. The van der Waals surface area contributed by atoms with Crippen LogP contribution in [0.3, 0.4) is 0 Å². The van der Waals surface area contributed by atoms with E-state index in [1.54, 1.807) is 73.0 Å². The van der Waals surface area contributed by atoms with Crippen LogP contribution in [0.2, 0.25) is 10.0 Å². The number of carbonyl (C=O) groups is 6. The average molecular weight is 1340 g/mol. The van der Waals surface area contributed by atoms with Gasteiger partial charge in [-0.2, -0.15) is 13.5 Å². The molecule has 6 N–H and O–H groups in total. The lowest BCUT2D eigenvalue weighted by molar-refractivity contribution is -0.140. The minimum atomic E-state index is -4.77. The van der Waals surface area contributed by atoms with Gasteiger partial charge in [0.05, 0.1) is 122 Å². The molecular weight excluding hydrogens is 1260 g/mol. The SMILES string of the molecule is COc1cc2c(cc1-c1cncc(OCCOCCOCCOCCOCCNC(=O)C(CS(=O)(=O)O)NC(=O)CN3CCN(CC(=O)O)CCN(CC(=O)O)CCN(CC(=O)O)CC3)c1)-c1c(c(C(=O)N3CCOCC3(C)C)nn1-c1cc(Cl)cc(Cl)c1)CO2. The molecule has 2 fully saturated rings. The summed E-state index contributed by atoms with van der Waals surface area (Å²) in [6.07, 6.45) is 3.27. The second-order valence-corrected chi connectivity index (χ2v) is 24.4. The number of ether oxygens (including phenoxy) is 8. The van der Waals surface area contributed by atoms with Crippen LogP contribution >= 0.6 is 23.2 Å². The van der Waals surface area contributed by atoms with Crippen LogP contribution in [0.1, 0.15) is 29.9 Å². The number of amides is 3. The molecule has 500 valence electrons. The van der Waals surface area contributed by atoms with Crippen LogP contribution in [-0.4, -0.2) is 292 Å². The largest absolute Gasteiger partial charge is 0.496 e. The molecule has 0 saturated carbocycles. The maximum absolute atomic E-state index is 14.4. The fourth-order valence-corrected chi connectivity index (χ4v) is 11.4. The molecule has 91 heavy (non-hydrogen) atoms. The number of halogens is 2. The number of benzene rings is 2. The molecule has 7 rings (SSSR count). The molecule has 2 aromatic carbocycles. The van der Waals surface area contributed by atoms with E-state index in [0.29, 0.717) is 80.7 Å². The number of carboxylic acids is 3. The topological polar surface area (TPSA) is 362 Å². The monoisotopic (exact) mass is 1340 g/mol. The zero-order valence-corrected chi connectivity index (χ0v) is 53.2. The highest BCUT2D eigenvalue weighted by molar-refractivity contribution is 7.85. The zero-order valence-electron chi connectivity index (χ0n) is 50.9. The number of fused-ring (bicyclic) bond motifs is 3. The van der Waals surface area contributed by atoms with Crippen molar-refractivity contribution in [3.05, 3.63) is 70.1 Å². The van der Waals surface area contributed by atoms with Crippen molar-refractivity contribution in [3.63, 3.8) is 0 Å². The number of methoxy groups -OCH3 is 1. The number of morpholine rings is 1. The lowest BCUT2D eigenvalue weighted by Gasteiger charge is -2.41. The first-order valence-electron chi connectivity index (χ1n) is 29.3. The molecule has 3 aliphatic heterocycles. The summed E-state index contributed by atoms with van der Waals surface area (Å²) in [5.41, 5.74) is 3.41. The molecule has 0 radical (unpaired) electrons. The van der Waals surface area contributed by atoms with E-state index in [0.717, 1.165) is 0 Å². The highest BCUT2D eigenvalue weighted by atomic mass is 35.5. The Morgan fingerprint density at radius 1 is 0.692 bits per heavy atom. The molecule has 3 amide bonds. The molecule has 3 aliphatic rings. The van der Waals surface area contributed by atoms with Gasteiger partial charge in [-0.3, -0.25) is 57.9 Å². The van der Waals surface area contributed by atoms with E-state index in [-0.39, 0.29) is 156 Å². The van der Waals surface area contributed by atoms with E-state index in [9.17, 15) is 57.1 Å². The summed E-state index contributed by atoms with van der Waals surface area (Å²) in [6.45, 7) is 6.38. The molecule has 30 nitrogen and oxygen atoms in total. The third-order valence-electron chi connectivity index (χ3n) is 14.7. The van der Waals surface area contributed by atoms with Crippen molar-refractivity contribution in [2.45, 2.75) is 32.0 Å². The Hall–Kier alpha value is -6.85. The Kier molecular flexibility index (Phi) is 27.3. The number of carboxylic acid groups (broad SMARTS) is 3. The van der Waals surface area contributed by atoms with Gasteiger partial charge in [0, 0.05) is 110 Å². The maximum Gasteiger partial charge on any atom is 0.317 e. The molecular formula is C58H78Cl2N10O20S. The Morgan fingerprint density at radius 3 is 1.76 bits per heavy atom. The van der Waals surface area contributed by atoms with Gasteiger partial charge < -0.3 is 68.7 Å². The molecule has 33 heteroatoms. The number of hydrogen-bond donors (Lipinski definition) is 6. The van der Waals surface area contributed by atoms with Gasteiger partial charge in [-0.05, 0) is 44.2 Å². The van der Waals surface area contributed by atoms with Gasteiger partial charge in [-0.15, -0.1) is 0 Å². The van der Waals surface area contributed by atoms with Crippen molar-refractivity contribution in [3.8, 4) is 45.3 Å². The van der Waals surface area contributed by atoms with Crippen LogP contribution in [0.4, 0.5) is 0 Å². The number of hydrogen-bond acceptors (Lipinski definition) is 22. The third kappa shape index (κ3) is 22.5. The average Bonchev–Trinajstić information content (AvgIpc) is 1.63. The summed E-state index contributed by atoms with van der Waals surface area (Å²) in [5.74, 6) is -5.00. The summed E-state index contributed by atoms with van der Waals surface area (Å²) in [4.78, 5) is 88.1. The van der Waals surface area contributed by atoms with Crippen LogP contribution in [0, 0.1) is 0 Å². The van der Waals surface area contributed by atoms with Crippen molar-refractivity contribution in [2.24, 2.45) is 0 Å². The van der Waals surface area contributed by atoms with Crippen LogP contribution in [0.15, 0.2) is 48.8 Å². The predicted octanol–water partition coefficient (Wildman–Crippen LogP) is 1.47. The van der Waals surface area contributed by atoms with Crippen LogP contribution < -0.4 is 24.8 Å². The van der Waals surface area contributed by atoms with Crippen LogP contribution in [0.5, 0.6) is 17.2 Å². The van der Waals surface area contributed by atoms with Gasteiger partial charge in [0.15, 0.2) is 5.69 Å². The maximum atomic E-state index is 14.4. The summed E-state index contributed by atoms with van der Waals surface area (Å²) >= 11 is 13.0. The summed E-state index contributed by atoms with van der Waals surface area (Å²) in [7, 11) is -3.21. The first-order valence-corrected chi connectivity index (χ1v) is 31.6. The van der Waals surface area contributed by atoms with Gasteiger partial charge in [0.2, 0.25) is 11.8 Å². The van der Waals surface area contributed by atoms with E-state index in [1.165, 1.54) is 0 Å². The van der Waals surface area contributed by atoms with Crippen molar-refractivity contribution in [1.29, 1.82) is 0 Å². The van der Waals surface area contributed by atoms with E-state index >= 15 is 0 Å². The Labute approximate surface area is 536 Å². The second-order valence-electron chi connectivity index (χ2n) is 22.0. The van der Waals surface area contributed by atoms with E-state index in [1.807, 2.05) is 26.0 Å². The van der Waals surface area contributed by atoms with Crippen molar-refractivity contribution < 1.29 is 95.0 Å². The quantitative estimate of drug-likeness (QED) is 0.0298. The highest BCUT2D eigenvalue weighted by Gasteiger charge is 2.40. The van der Waals surface area contributed by atoms with E-state index in [2.05, 4.69) is 15.6 Å². The lowest BCUT2D eigenvalue weighted by Crippen LogP contribution is -2.55. The van der Waals surface area contributed by atoms with Gasteiger partial charge in [-0.1, -0.05) is 23.2 Å². The minimum Gasteiger partial charge on any atom is -0.496 e. The Morgan fingerprint density at radius 2 is 1.23 bits per heavy atom. The number of nitrogens with one attached hydrogen (secondary N) is 2. The van der Waals surface area contributed by atoms with E-state index < -0.39 is 63.7 Å². The Balaban J connectivity index is 0.806. The number of rotatable bonds is 32. The first-order chi connectivity index (χ1) is 43.5. The number of nitrogens with zero attached hydrogens (tertiary/aromatic N) is 8. The van der Waals surface area contributed by atoms with E-state index in [4.69, 9.17) is 66.2 Å². The molecule has 5 heterocycles. The smallest absolute Gasteiger partial charge is 0.317 e. The van der Waals surface area contributed by atoms with Crippen LogP contribution in [-0.2, 0) is 64.4 Å². The summed E-state index contributed by atoms with van der Waals surface area (Å²) in [6, 6.07) is 8.88. The van der Waals surface area contributed by atoms with Gasteiger partial charge in [0.25, 0.3) is 16.0 Å². The summed E-state index contributed by atoms with van der Waals surface area (Å²) < 4.78 is 81.4. The highest BCUT2D eigenvalue weighted by Crippen LogP contribution is 2.47. The Bertz CT molecular complexity index is 3220. The molecule has 2 aromatic heterocycles. The molecule has 1 unspecified atom stereocenters. The standard InChI is InChI=1S/C58H78Cl2N10O20S/c1-58(2)38-88-15-13-69(58)57(79)54-46-36-90-49-29-48(83-3)44(28-45(49)55(46)70(64-54)42-26-40(59)25-41(60)27-42)39-24-43(31-61-30-39)89-23-22-87-21-20-86-19-18-85-17-16-84-14-4-62-56(78)47(37-91(80,81)82)63-50(71)32-65-5-7-66(33-51(72)73)9-11-68(35-53(76)77)12-10-67(8-6-65)34-52(74)75/h24-31,47H,4-23,32-38H2,1-3H3,(H,62,78)(H,63,71)(H,72,73)(H,74,75)(H,76,77)(H,80,81,82). The molecule has 0 spiro atoms. The number of pyridine rings is 1. The predicted molar refractivity (Wildman–Crippen MR) is 328 cm³/mol. The number of aliphatic carboxylic acids is 3. The van der Waals surface area contributed by atoms with Gasteiger partial charge in [-0.25, -0.2) is 4.68 Å². The van der Waals surface area contributed by atoms with Crippen LogP contribution in [0.25, 0.3) is 28.1 Å². The lowest BCUT2D eigenvalue weighted by atomic mass is 9.95. The molecule has 2 saturated heterocycles. The van der Waals surface area contributed by atoms with Crippen molar-refractivity contribution in [2.75, 3.05) is 177 Å². The van der Waals surface area contributed by atoms with Crippen molar-refractivity contribution in [1.82, 2.24) is 49.9 Å². The first kappa shape index (κ1) is 71.6. The van der Waals surface area contributed by atoms with Gasteiger partial charge in [0.1, 0.15) is 42.3 Å². The molecule has 1 atom stereocenters. The van der Waals surface area contributed by atoms with Crippen molar-refractivity contribution >= 4 is 68.9 Å². The third-order valence-corrected chi connectivity index (χ3v) is 15.9. The summed E-state index contributed by atoms with van der Waals surface area (Å²) in [5, 5.41) is 38.9. The number of aromatic nitrogens is 3. The normalized spacial score (nSPS) is 16.5. The number of carbonyl (C=O) groups excluding carboxylic acids is 3. The fourth-order valence-electron chi connectivity index (χ4n) is 10.3. The molecule has 0 aliphatic carbocycles. The second kappa shape index (κ2) is 34.7. The fraction of sp³-hybridized carbons (Fsp3) is 0.552. The molecule has 0 bridgehead atoms. The minimum absolute atomic E-state index is 0.0136.